The van der Waals surface area contributed by atoms with Crippen molar-refractivity contribution in [2.75, 3.05) is 26.0 Å². The van der Waals surface area contributed by atoms with E-state index in [1.807, 2.05) is 0 Å². The van der Waals surface area contributed by atoms with Crippen LogP contribution in [-0.2, 0) is 31.0 Å². The molecule has 0 aliphatic rings. The van der Waals surface area contributed by atoms with Crippen LogP contribution in [0.1, 0.15) is 11.1 Å². The van der Waals surface area contributed by atoms with Gasteiger partial charge in [-0.05, 0) is 11.1 Å². The zero-order valence-corrected chi connectivity index (χ0v) is 12.8. The molecule has 7 heteroatoms. The molecule has 5 nitrogen and oxygen atoms in total. The molecule has 112 valence electrons. The third-order valence-electron chi connectivity index (χ3n) is 2.54. The number of carbonyl (C=O) groups is 1. The van der Waals surface area contributed by atoms with Gasteiger partial charge in [-0.3, -0.25) is 4.79 Å². The fourth-order valence-electron chi connectivity index (χ4n) is 1.57. The number of alkyl halides is 1. The van der Waals surface area contributed by atoms with Crippen molar-refractivity contribution < 1.29 is 17.9 Å². The number of ether oxygens (including phenoxy) is 1. The molecule has 0 saturated carbocycles. The van der Waals surface area contributed by atoms with Gasteiger partial charge in [0.1, 0.15) is 5.75 Å². The summed E-state index contributed by atoms with van der Waals surface area (Å²) in [5, 5.41) is 2.48. The maximum absolute atomic E-state index is 11.9. The molecule has 0 heterocycles. The maximum atomic E-state index is 11.9. The predicted octanol–water partition coefficient (Wildman–Crippen LogP) is 1.10. The first-order valence-corrected chi connectivity index (χ1v) is 8.42. The van der Waals surface area contributed by atoms with E-state index in [9.17, 15) is 13.2 Å². The van der Waals surface area contributed by atoms with E-state index >= 15 is 0 Å². The van der Waals surface area contributed by atoms with Crippen molar-refractivity contribution in [2.24, 2.45) is 0 Å². The molecule has 0 aromatic heterocycles. The molecule has 0 fully saturated rings. The molecule has 0 atom stereocenters. The van der Waals surface area contributed by atoms with E-state index in [4.69, 9.17) is 16.3 Å². The highest BCUT2D eigenvalue weighted by Gasteiger charge is 2.17. The molecule has 0 aliphatic heterocycles. The first-order valence-electron chi connectivity index (χ1n) is 6.06. The minimum atomic E-state index is -3.48. The number of halogens is 1. The molecular weight excluding hydrogens is 302 g/mol. The Hall–Kier alpha value is -1.11. The van der Waals surface area contributed by atoms with Crippen LogP contribution in [0.4, 0.5) is 0 Å². The lowest BCUT2D eigenvalue weighted by Gasteiger charge is -2.06. The Bertz CT molecular complexity index is 528. The second-order valence-electron chi connectivity index (χ2n) is 4.33. The zero-order valence-electron chi connectivity index (χ0n) is 11.3. The smallest absolute Gasteiger partial charge is 0.235 e. The SMILES string of the molecule is COCCNC(=O)CS(=O)(=O)Cc1ccc(CCl)cc1. The maximum Gasteiger partial charge on any atom is 0.235 e. The summed E-state index contributed by atoms with van der Waals surface area (Å²) in [5.41, 5.74) is 1.56. The number of benzene rings is 1. The molecule has 0 bridgehead atoms. The third kappa shape index (κ3) is 6.36. The molecule has 1 aromatic rings. The van der Waals surface area contributed by atoms with E-state index in [1.54, 1.807) is 24.3 Å². The highest BCUT2D eigenvalue weighted by atomic mass is 35.5. The number of hydrogen-bond acceptors (Lipinski definition) is 4. The van der Waals surface area contributed by atoms with Gasteiger partial charge in [0.05, 0.1) is 12.4 Å². The minimum absolute atomic E-state index is 0.159. The van der Waals surface area contributed by atoms with Crippen LogP contribution in [0, 0.1) is 0 Å². The van der Waals surface area contributed by atoms with Gasteiger partial charge in [0.25, 0.3) is 0 Å². The van der Waals surface area contributed by atoms with E-state index in [0.29, 0.717) is 24.6 Å². The molecular formula is C13H18ClNO4S. The summed E-state index contributed by atoms with van der Waals surface area (Å²) in [7, 11) is -1.97. The summed E-state index contributed by atoms with van der Waals surface area (Å²) in [4.78, 5) is 11.5. The second kappa shape index (κ2) is 8.24. The summed E-state index contributed by atoms with van der Waals surface area (Å²) in [6, 6.07) is 6.96. The van der Waals surface area contributed by atoms with Crippen LogP contribution in [0.2, 0.25) is 0 Å². The molecule has 1 N–H and O–H groups in total. The molecule has 0 spiro atoms. The van der Waals surface area contributed by atoms with Crippen molar-refractivity contribution in [2.45, 2.75) is 11.6 Å². The van der Waals surface area contributed by atoms with Crippen LogP contribution in [0.5, 0.6) is 0 Å². The fraction of sp³-hybridized carbons (Fsp3) is 0.462. The van der Waals surface area contributed by atoms with Crippen LogP contribution >= 0.6 is 11.6 Å². The largest absolute Gasteiger partial charge is 0.383 e. The van der Waals surface area contributed by atoms with Crippen LogP contribution in [-0.4, -0.2) is 40.3 Å². The monoisotopic (exact) mass is 319 g/mol. The molecule has 0 radical (unpaired) electrons. The first kappa shape index (κ1) is 16.9. The van der Waals surface area contributed by atoms with Gasteiger partial charge in [0, 0.05) is 19.5 Å². The van der Waals surface area contributed by atoms with Gasteiger partial charge in [-0.1, -0.05) is 24.3 Å². The number of nitrogens with one attached hydrogen (secondary N) is 1. The first-order chi connectivity index (χ1) is 9.46. The van der Waals surface area contributed by atoms with Crippen molar-refractivity contribution in [1.29, 1.82) is 0 Å². The van der Waals surface area contributed by atoms with Crippen LogP contribution in [0.15, 0.2) is 24.3 Å². The lowest BCUT2D eigenvalue weighted by atomic mass is 10.2. The Morgan fingerprint density at radius 3 is 2.40 bits per heavy atom. The average Bonchev–Trinajstić information content (AvgIpc) is 2.38. The number of methoxy groups -OCH3 is 1. The Balaban J connectivity index is 2.53. The van der Waals surface area contributed by atoms with Crippen molar-refractivity contribution in [3.8, 4) is 0 Å². The van der Waals surface area contributed by atoms with E-state index in [2.05, 4.69) is 5.32 Å². The highest BCUT2D eigenvalue weighted by Crippen LogP contribution is 2.10. The topological polar surface area (TPSA) is 72.5 Å². The zero-order chi connectivity index (χ0) is 15.0. The van der Waals surface area contributed by atoms with Crippen LogP contribution in [0.3, 0.4) is 0 Å². The van der Waals surface area contributed by atoms with Crippen LogP contribution in [0.25, 0.3) is 0 Å². The predicted molar refractivity (Wildman–Crippen MR) is 78.4 cm³/mol. The number of rotatable bonds is 8. The summed E-state index contributed by atoms with van der Waals surface area (Å²) >= 11 is 5.66. The average molecular weight is 320 g/mol. The van der Waals surface area contributed by atoms with Crippen molar-refractivity contribution in [3.05, 3.63) is 35.4 Å². The van der Waals surface area contributed by atoms with Gasteiger partial charge in [0.2, 0.25) is 5.91 Å². The number of hydrogen-bond donors (Lipinski definition) is 1. The molecule has 0 unspecified atom stereocenters. The van der Waals surface area contributed by atoms with Gasteiger partial charge in [-0.25, -0.2) is 8.42 Å². The lowest BCUT2D eigenvalue weighted by Crippen LogP contribution is -2.33. The summed E-state index contributed by atoms with van der Waals surface area (Å²) in [6.45, 7) is 0.654. The third-order valence-corrected chi connectivity index (χ3v) is 4.33. The Kier molecular flexibility index (Phi) is 6.98. The van der Waals surface area contributed by atoms with Gasteiger partial charge in [0.15, 0.2) is 9.84 Å². The van der Waals surface area contributed by atoms with E-state index < -0.39 is 21.5 Å². The normalized spacial score (nSPS) is 11.3. The standard InChI is InChI=1S/C13H18ClNO4S/c1-19-7-6-15-13(16)10-20(17,18)9-12-4-2-11(8-14)3-5-12/h2-5H,6-10H2,1H3,(H,15,16). The number of amides is 1. The second-order valence-corrected chi connectivity index (χ2v) is 6.66. The van der Waals surface area contributed by atoms with Gasteiger partial charge in [-0.2, -0.15) is 0 Å². The van der Waals surface area contributed by atoms with Gasteiger partial charge < -0.3 is 10.1 Å². The molecule has 20 heavy (non-hydrogen) atoms. The van der Waals surface area contributed by atoms with E-state index in [1.165, 1.54) is 7.11 Å². The fourth-order valence-corrected chi connectivity index (χ4v) is 3.05. The molecule has 1 amide bonds. The van der Waals surface area contributed by atoms with Crippen molar-refractivity contribution in [3.63, 3.8) is 0 Å². The lowest BCUT2D eigenvalue weighted by molar-refractivity contribution is -0.118. The molecule has 1 aromatic carbocycles. The Morgan fingerprint density at radius 2 is 1.85 bits per heavy atom. The summed E-state index contributed by atoms with van der Waals surface area (Å²) < 4.78 is 28.5. The highest BCUT2D eigenvalue weighted by molar-refractivity contribution is 7.91. The minimum Gasteiger partial charge on any atom is -0.383 e. The van der Waals surface area contributed by atoms with Crippen LogP contribution < -0.4 is 5.32 Å². The summed E-state index contributed by atoms with van der Waals surface area (Å²) in [5.74, 6) is -0.810. The Labute approximate surface area is 124 Å². The number of sulfone groups is 1. The molecule has 0 aliphatic carbocycles. The summed E-state index contributed by atoms with van der Waals surface area (Å²) in [6.07, 6.45) is 0. The van der Waals surface area contributed by atoms with E-state index in [0.717, 1.165) is 5.56 Å². The van der Waals surface area contributed by atoms with E-state index in [-0.39, 0.29) is 5.75 Å². The van der Waals surface area contributed by atoms with Crippen molar-refractivity contribution >= 4 is 27.3 Å². The Morgan fingerprint density at radius 1 is 1.25 bits per heavy atom. The number of carbonyl (C=O) groups excluding carboxylic acids is 1. The van der Waals surface area contributed by atoms with Gasteiger partial charge >= 0.3 is 0 Å². The molecule has 1 rings (SSSR count). The van der Waals surface area contributed by atoms with Gasteiger partial charge in [-0.15, -0.1) is 11.6 Å². The van der Waals surface area contributed by atoms with Crippen molar-refractivity contribution in [1.82, 2.24) is 5.32 Å². The molecule has 0 saturated heterocycles. The quantitative estimate of drug-likeness (QED) is 0.575.